The van der Waals surface area contributed by atoms with Gasteiger partial charge >= 0.3 is 0 Å². The second-order valence-corrected chi connectivity index (χ2v) is 4.16. The smallest absolute Gasteiger partial charge is 0.155 e. The van der Waals surface area contributed by atoms with Gasteiger partial charge in [0, 0.05) is 27.2 Å². The highest BCUT2D eigenvalue weighted by Gasteiger charge is 2.27. The Morgan fingerprint density at radius 2 is 2.31 bits per heavy atom. The molecule has 0 amide bonds. The lowest BCUT2D eigenvalue weighted by Crippen LogP contribution is -2.25. The average Bonchev–Trinajstić information content (AvgIpc) is 2.82. The number of anilines is 1. The molecule has 1 aromatic heterocycles. The van der Waals surface area contributed by atoms with E-state index < -0.39 is 0 Å². The SMILES string of the molecule is COC1CCN(c2c(C=O)c(C)nn2C)C1. The molecule has 16 heavy (non-hydrogen) atoms. The summed E-state index contributed by atoms with van der Waals surface area (Å²) in [6, 6.07) is 0. The summed E-state index contributed by atoms with van der Waals surface area (Å²) in [5, 5.41) is 4.28. The maximum Gasteiger partial charge on any atom is 0.155 e. The van der Waals surface area contributed by atoms with Gasteiger partial charge in [0.15, 0.2) is 6.29 Å². The number of methoxy groups -OCH3 is 1. The van der Waals surface area contributed by atoms with Crippen molar-refractivity contribution in [2.75, 3.05) is 25.1 Å². The molecular weight excluding hydrogens is 206 g/mol. The van der Waals surface area contributed by atoms with E-state index in [0.717, 1.165) is 37.3 Å². The van der Waals surface area contributed by atoms with Crippen LogP contribution in [-0.4, -0.2) is 42.4 Å². The first-order valence-corrected chi connectivity index (χ1v) is 5.44. The quantitative estimate of drug-likeness (QED) is 0.710. The van der Waals surface area contributed by atoms with E-state index in [1.54, 1.807) is 11.8 Å². The van der Waals surface area contributed by atoms with E-state index in [-0.39, 0.29) is 6.10 Å². The molecule has 0 spiro atoms. The van der Waals surface area contributed by atoms with E-state index in [0.29, 0.717) is 5.56 Å². The number of nitrogens with zero attached hydrogens (tertiary/aromatic N) is 3. The van der Waals surface area contributed by atoms with Gasteiger partial charge in [0.2, 0.25) is 0 Å². The predicted molar refractivity (Wildman–Crippen MR) is 61.0 cm³/mol. The van der Waals surface area contributed by atoms with Crippen molar-refractivity contribution in [3.05, 3.63) is 11.3 Å². The summed E-state index contributed by atoms with van der Waals surface area (Å²) >= 11 is 0. The van der Waals surface area contributed by atoms with Crippen LogP contribution in [0.4, 0.5) is 5.82 Å². The summed E-state index contributed by atoms with van der Waals surface area (Å²) in [5.41, 5.74) is 1.48. The second-order valence-electron chi connectivity index (χ2n) is 4.16. The number of carbonyl (C=O) groups is 1. The Labute approximate surface area is 95.0 Å². The lowest BCUT2D eigenvalue weighted by atomic mass is 10.2. The molecule has 0 radical (unpaired) electrons. The van der Waals surface area contributed by atoms with Gasteiger partial charge < -0.3 is 9.64 Å². The number of aryl methyl sites for hydroxylation is 2. The van der Waals surface area contributed by atoms with Crippen LogP contribution in [0, 0.1) is 6.92 Å². The molecule has 1 unspecified atom stereocenters. The van der Waals surface area contributed by atoms with E-state index in [9.17, 15) is 4.79 Å². The summed E-state index contributed by atoms with van der Waals surface area (Å²) in [6.45, 7) is 3.60. The van der Waals surface area contributed by atoms with Crippen LogP contribution in [0.25, 0.3) is 0 Å². The Kier molecular flexibility index (Phi) is 2.96. The van der Waals surface area contributed by atoms with E-state index in [2.05, 4.69) is 10.00 Å². The monoisotopic (exact) mass is 223 g/mol. The molecule has 88 valence electrons. The standard InChI is InChI=1S/C11H17N3O2/c1-8-10(7-15)11(13(2)12-8)14-5-4-9(6-14)16-3/h7,9H,4-6H2,1-3H3. The first-order valence-electron chi connectivity index (χ1n) is 5.44. The minimum absolute atomic E-state index is 0.259. The van der Waals surface area contributed by atoms with Crippen LogP contribution in [0.5, 0.6) is 0 Å². The molecule has 1 aliphatic heterocycles. The number of aromatic nitrogens is 2. The molecule has 5 heteroatoms. The van der Waals surface area contributed by atoms with Gasteiger partial charge in [-0.3, -0.25) is 9.48 Å². The van der Waals surface area contributed by atoms with Gasteiger partial charge in [-0.25, -0.2) is 0 Å². The van der Waals surface area contributed by atoms with Crippen molar-refractivity contribution in [1.29, 1.82) is 0 Å². The van der Waals surface area contributed by atoms with Gasteiger partial charge in [0.1, 0.15) is 5.82 Å². The molecular formula is C11H17N3O2. The van der Waals surface area contributed by atoms with Crippen LogP contribution < -0.4 is 4.90 Å². The molecule has 1 aliphatic rings. The van der Waals surface area contributed by atoms with Gasteiger partial charge in [-0.2, -0.15) is 5.10 Å². The molecule has 0 N–H and O–H groups in total. The molecule has 2 heterocycles. The molecule has 1 saturated heterocycles. The highest BCUT2D eigenvalue weighted by molar-refractivity contribution is 5.84. The predicted octanol–water partition coefficient (Wildman–Crippen LogP) is 0.766. The summed E-state index contributed by atoms with van der Waals surface area (Å²) in [4.78, 5) is 13.2. The number of hydrogen-bond acceptors (Lipinski definition) is 4. The van der Waals surface area contributed by atoms with Gasteiger partial charge in [0.25, 0.3) is 0 Å². The molecule has 0 aliphatic carbocycles. The topological polar surface area (TPSA) is 47.4 Å². The van der Waals surface area contributed by atoms with Crippen LogP contribution in [0.15, 0.2) is 0 Å². The number of rotatable bonds is 3. The van der Waals surface area contributed by atoms with Crippen LogP contribution in [0.1, 0.15) is 22.5 Å². The summed E-state index contributed by atoms with van der Waals surface area (Å²) in [5.74, 6) is 0.909. The third kappa shape index (κ3) is 1.71. The minimum Gasteiger partial charge on any atom is -0.380 e. The van der Waals surface area contributed by atoms with Crippen LogP contribution in [0.2, 0.25) is 0 Å². The van der Waals surface area contributed by atoms with Crippen molar-refractivity contribution in [3.8, 4) is 0 Å². The Bertz CT molecular complexity index is 400. The summed E-state index contributed by atoms with van der Waals surface area (Å²) in [6.07, 6.45) is 2.14. The third-order valence-electron chi connectivity index (χ3n) is 3.13. The van der Waals surface area contributed by atoms with Crippen molar-refractivity contribution in [3.63, 3.8) is 0 Å². The normalized spacial score (nSPS) is 20.4. The van der Waals surface area contributed by atoms with E-state index in [1.165, 1.54) is 0 Å². The average molecular weight is 223 g/mol. The lowest BCUT2D eigenvalue weighted by Gasteiger charge is -2.18. The van der Waals surface area contributed by atoms with Gasteiger partial charge in [0.05, 0.1) is 17.4 Å². The third-order valence-corrected chi connectivity index (χ3v) is 3.13. The van der Waals surface area contributed by atoms with E-state index >= 15 is 0 Å². The Morgan fingerprint density at radius 1 is 1.56 bits per heavy atom. The number of hydrogen-bond donors (Lipinski definition) is 0. The summed E-state index contributed by atoms with van der Waals surface area (Å²) < 4.78 is 7.10. The molecule has 1 atom stereocenters. The fourth-order valence-corrected chi connectivity index (χ4v) is 2.29. The Morgan fingerprint density at radius 3 is 2.88 bits per heavy atom. The van der Waals surface area contributed by atoms with Crippen molar-refractivity contribution in [2.45, 2.75) is 19.4 Å². The van der Waals surface area contributed by atoms with Crippen LogP contribution in [0.3, 0.4) is 0 Å². The highest BCUT2D eigenvalue weighted by Crippen LogP contribution is 2.25. The molecule has 1 fully saturated rings. The Balaban J connectivity index is 2.30. The van der Waals surface area contributed by atoms with Gasteiger partial charge in [-0.15, -0.1) is 0 Å². The van der Waals surface area contributed by atoms with Crippen molar-refractivity contribution in [1.82, 2.24) is 9.78 Å². The molecule has 0 saturated carbocycles. The van der Waals surface area contributed by atoms with E-state index in [4.69, 9.17) is 4.74 Å². The van der Waals surface area contributed by atoms with E-state index in [1.807, 2.05) is 14.0 Å². The van der Waals surface area contributed by atoms with Crippen molar-refractivity contribution in [2.24, 2.45) is 7.05 Å². The zero-order valence-electron chi connectivity index (χ0n) is 9.93. The molecule has 2 rings (SSSR count). The largest absolute Gasteiger partial charge is 0.380 e. The Hall–Kier alpha value is -1.36. The number of aldehydes is 1. The molecule has 0 bridgehead atoms. The van der Waals surface area contributed by atoms with Crippen LogP contribution >= 0.6 is 0 Å². The lowest BCUT2D eigenvalue weighted by molar-refractivity contribution is 0.112. The molecule has 1 aromatic rings. The fourth-order valence-electron chi connectivity index (χ4n) is 2.29. The second kappa shape index (κ2) is 4.25. The zero-order valence-corrected chi connectivity index (χ0v) is 9.93. The summed E-state index contributed by atoms with van der Waals surface area (Å²) in [7, 11) is 3.60. The molecule has 0 aromatic carbocycles. The van der Waals surface area contributed by atoms with Gasteiger partial charge in [-0.05, 0) is 13.3 Å². The van der Waals surface area contributed by atoms with Crippen molar-refractivity contribution >= 4 is 12.1 Å². The van der Waals surface area contributed by atoms with Crippen LogP contribution in [-0.2, 0) is 11.8 Å². The maximum absolute atomic E-state index is 11.1. The molecule has 5 nitrogen and oxygen atoms in total. The number of ether oxygens (including phenoxy) is 1. The minimum atomic E-state index is 0.259. The first kappa shape index (κ1) is 11.1. The van der Waals surface area contributed by atoms with Gasteiger partial charge in [-0.1, -0.05) is 0 Å². The first-order chi connectivity index (χ1) is 7.67. The highest BCUT2D eigenvalue weighted by atomic mass is 16.5. The van der Waals surface area contributed by atoms with Crippen molar-refractivity contribution < 1.29 is 9.53 Å². The fraction of sp³-hybridized carbons (Fsp3) is 0.636. The number of carbonyl (C=O) groups excluding carboxylic acids is 1. The maximum atomic E-state index is 11.1. The zero-order chi connectivity index (χ0) is 11.7.